The molecule has 0 aliphatic rings. The Morgan fingerprint density at radius 1 is 1.13 bits per heavy atom. The lowest BCUT2D eigenvalue weighted by Crippen LogP contribution is -1.91. The summed E-state index contributed by atoms with van der Waals surface area (Å²) >= 11 is 0. The molecule has 3 nitrogen and oxygen atoms in total. The Kier molecular flexibility index (Phi) is 1.57. The summed E-state index contributed by atoms with van der Waals surface area (Å²) in [6.45, 7) is 2.01. The van der Waals surface area contributed by atoms with E-state index in [0.717, 1.165) is 27.8 Å². The third kappa shape index (κ3) is 1.06. The highest BCUT2D eigenvalue weighted by Crippen LogP contribution is 2.22. The van der Waals surface area contributed by atoms with E-state index >= 15 is 0 Å². The molecule has 0 saturated heterocycles. The van der Waals surface area contributed by atoms with E-state index in [1.54, 1.807) is 0 Å². The quantitative estimate of drug-likeness (QED) is 0.554. The minimum absolute atomic E-state index is 0.966. The Balaban J connectivity index is 2.63. The summed E-state index contributed by atoms with van der Waals surface area (Å²) in [4.78, 5) is 8.85. The fraction of sp³-hybridized carbons (Fsp3) is 0.167. The molecule has 0 spiro atoms. The Bertz CT molecular complexity index is 652. The number of pyridine rings is 1. The van der Waals surface area contributed by atoms with Gasteiger partial charge in [0.25, 0.3) is 0 Å². The van der Waals surface area contributed by atoms with Gasteiger partial charge in [-0.15, -0.1) is 0 Å². The Morgan fingerprint density at radius 3 is 2.80 bits per heavy atom. The van der Waals surface area contributed by atoms with Crippen LogP contribution < -0.4 is 0 Å². The predicted molar refractivity (Wildman–Crippen MR) is 60.8 cm³/mol. The largest absolute Gasteiger partial charge is 0.331 e. The van der Waals surface area contributed by atoms with E-state index in [1.807, 2.05) is 38.4 Å². The number of hydrogen-bond donors (Lipinski definition) is 0. The Morgan fingerprint density at radius 2 is 1.93 bits per heavy atom. The maximum atomic E-state index is 4.46. The molecule has 0 aliphatic heterocycles. The number of fused-ring (bicyclic) bond motifs is 3. The summed E-state index contributed by atoms with van der Waals surface area (Å²) in [5, 5.41) is 1.16. The van der Waals surface area contributed by atoms with E-state index < -0.39 is 0 Å². The van der Waals surface area contributed by atoms with Gasteiger partial charge in [-0.05, 0) is 13.0 Å². The lowest BCUT2D eigenvalue weighted by molar-refractivity contribution is 0.888. The molecule has 74 valence electrons. The lowest BCUT2D eigenvalue weighted by Gasteiger charge is -2.01. The maximum absolute atomic E-state index is 4.46. The number of benzene rings is 1. The van der Waals surface area contributed by atoms with Gasteiger partial charge >= 0.3 is 0 Å². The molecule has 2 aromatic heterocycles. The molecular weight excluding hydrogens is 186 g/mol. The van der Waals surface area contributed by atoms with E-state index in [9.17, 15) is 0 Å². The molecule has 0 fully saturated rings. The van der Waals surface area contributed by atoms with Gasteiger partial charge in [-0.3, -0.25) is 4.98 Å². The summed E-state index contributed by atoms with van der Waals surface area (Å²) < 4.78 is 2.11. The van der Waals surface area contributed by atoms with Crippen LogP contribution in [0.5, 0.6) is 0 Å². The van der Waals surface area contributed by atoms with Crippen molar-refractivity contribution < 1.29 is 0 Å². The minimum atomic E-state index is 0.966. The number of rotatable bonds is 0. The molecule has 0 saturated carbocycles. The fourth-order valence-electron chi connectivity index (χ4n) is 1.96. The summed E-state index contributed by atoms with van der Waals surface area (Å²) in [6.07, 6.45) is 1.84. The first-order chi connectivity index (χ1) is 7.27. The van der Waals surface area contributed by atoms with Crippen LogP contribution in [0.2, 0.25) is 0 Å². The number of nitrogens with zero attached hydrogens (tertiary/aromatic N) is 3. The van der Waals surface area contributed by atoms with Gasteiger partial charge < -0.3 is 4.57 Å². The van der Waals surface area contributed by atoms with Crippen molar-refractivity contribution in [3.8, 4) is 0 Å². The van der Waals surface area contributed by atoms with Crippen molar-refractivity contribution >= 4 is 21.9 Å². The number of imidazole rings is 1. The third-order valence-electron chi connectivity index (χ3n) is 2.83. The van der Waals surface area contributed by atoms with Gasteiger partial charge in [0.05, 0.1) is 17.2 Å². The molecule has 15 heavy (non-hydrogen) atoms. The van der Waals surface area contributed by atoms with Crippen LogP contribution in [0, 0.1) is 6.92 Å². The average molecular weight is 197 g/mol. The van der Waals surface area contributed by atoms with Crippen molar-refractivity contribution in [2.24, 2.45) is 7.05 Å². The Hall–Kier alpha value is -1.90. The van der Waals surface area contributed by atoms with Crippen molar-refractivity contribution in [2.75, 3.05) is 0 Å². The van der Waals surface area contributed by atoms with E-state index in [4.69, 9.17) is 0 Å². The average Bonchev–Trinajstić information content (AvgIpc) is 2.55. The third-order valence-corrected chi connectivity index (χ3v) is 2.83. The van der Waals surface area contributed by atoms with Crippen LogP contribution in [-0.4, -0.2) is 14.5 Å². The second-order valence-corrected chi connectivity index (χ2v) is 3.73. The summed E-state index contributed by atoms with van der Waals surface area (Å²) in [7, 11) is 2.04. The standard InChI is InChI=1S/C12H11N3/c1-8-14-11-7-13-10-6-4-3-5-9(10)12(11)15(8)2/h3-7H,1-2H3. The van der Waals surface area contributed by atoms with Gasteiger partial charge in [-0.25, -0.2) is 4.98 Å². The molecule has 0 atom stereocenters. The van der Waals surface area contributed by atoms with Crippen molar-refractivity contribution in [3.63, 3.8) is 0 Å². The minimum Gasteiger partial charge on any atom is -0.331 e. The van der Waals surface area contributed by atoms with Crippen LogP contribution in [0.3, 0.4) is 0 Å². The molecule has 0 radical (unpaired) electrons. The van der Waals surface area contributed by atoms with Crippen LogP contribution in [0.1, 0.15) is 5.82 Å². The molecule has 3 heteroatoms. The zero-order chi connectivity index (χ0) is 10.4. The topological polar surface area (TPSA) is 30.7 Å². The SMILES string of the molecule is Cc1nc2cnc3ccccc3c2n1C. The molecule has 0 aliphatic carbocycles. The van der Waals surface area contributed by atoms with Gasteiger partial charge in [0, 0.05) is 12.4 Å². The van der Waals surface area contributed by atoms with E-state index in [2.05, 4.69) is 20.6 Å². The molecular formula is C12H11N3. The first-order valence-corrected chi connectivity index (χ1v) is 4.94. The summed E-state index contributed by atoms with van der Waals surface area (Å²) in [5.74, 6) is 1.02. The zero-order valence-corrected chi connectivity index (χ0v) is 8.73. The number of aromatic nitrogens is 3. The molecule has 1 aromatic carbocycles. The van der Waals surface area contributed by atoms with Gasteiger partial charge in [-0.2, -0.15) is 0 Å². The van der Waals surface area contributed by atoms with Crippen LogP contribution in [-0.2, 0) is 7.05 Å². The summed E-state index contributed by atoms with van der Waals surface area (Å²) in [6, 6.07) is 8.15. The van der Waals surface area contributed by atoms with Crippen LogP contribution in [0.25, 0.3) is 21.9 Å². The predicted octanol–water partition coefficient (Wildman–Crippen LogP) is 2.43. The molecule has 0 unspecified atom stereocenters. The normalized spacial score (nSPS) is 11.3. The number of aryl methyl sites for hydroxylation is 2. The van der Waals surface area contributed by atoms with Gasteiger partial charge in [0.1, 0.15) is 11.3 Å². The molecule has 0 bridgehead atoms. The van der Waals surface area contributed by atoms with E-state index in [-0.39, 0.29) is 0 Å². The zero-order valence-electron chi connectivity index (χ0n) is 8.73. The van der Waals surface area contributed by atoms with Gasteiger partial charge in [0.2, 0.25) is 0 Å². The highest BCUT2D eigenvalue weighted by atomic mass is 15.1. The highest BCUT2D eigenvalue weighted by molar-refractivity contribution is 6.02. The second-order valence-electron chi connectivity index (χ2n) is 3.73. The van der Waals surface area contributed by atoms with E-state index in [0.29, 0.717) is 0 Å². The smallest absolute Gasteiger partial charge is 0.108 e. The van der Waals surface area contributed by atoms with Crippen LogP contribution in [0.15, 0.2) is 30.5 Å². The van der Waals surface area contributed by atoms with Crippen molar-refractivity contribution in [2.45, 2.75) is 6.92 Å². The number of para-hydroxylation sites is 1. The first-order valence-electron chi connectivity index (χ1n) is 4.94. The van der Waals surface area contributed by atoms with Crippen molar-refractivity contribution in [1.29, 1.82) is 0 Å². The molecule has 3 rings (SSSR count). The van der Waals surface area contributed by atoms with Gasteiger partial charge in [0.15, 0.2) is 0 Å². The Labute approximate surface area is 87.4 Å². The molecule has 3 aromatic rings. The van der Waals surface area contributed by atoms with Gasteiger partial charge in [-0.1, -0.05) is 18.2 Å². The fourth-order valence-corrected chi connectivity index (χ4v) is 1.96. The van der Waals surface area contributed by atoms with Crippen LogP contribution >= 0.6 is 0 Å². The highest BCUT2D eigenvalue weighted by Gasteiger charge is 2.07. The lowest BCUT2D eigenvalue weighted by atomic mass is 10.2. The molecule has 0 N–H and O–H groups in total. The van der Waals surface area contributed by atoms with Crippen molar-refractivity contribution in [1.82, 2.24) is 14.5 Å². The van der Waals surface area contributed by atoms with Crippen LogP contribution in [0.4, 0.5) is 0 Å². The maximum Gasteiger partial charge on any atom is 0.108 e. The van der Waals surface area contributed by atoms with E-state index in [1.165, 1.54) is 0 Å². The van der Waals surface area contributed by atoms with Crippen molar-refractivity contribution in [3.05, 3.63) is 36.3 Å². The summed E-state index contributed by atoms with van der Waals surface area (Å²) in [5.41, 5.74) is 3.15. The molecule has 2 heterocycles. The monoisotopic (exact) mass is 197 g/mol. The first kappa shape index (κ1) is 8.41. The number of hydrogen-bond acceptors (Lipinski definition) is 2. The molecule has 0 amide bonds. The second kappa shape index (κ2) is 2.79.